The Hall–Kier alpha value is -1.69. The van der Waals surface area contributed by atoms with Crippen molar-refractivity contribution in [1.29, 1.82) is 0 Å². The number of carbonyl (C=O) groups excluding carboxylic acids is 1. The highest BCUT2D eigenvalue weighted by atomic mass is 19.3. The maximum atomic E-state index is 13.4. The number of likely N-dealkylation sites (tertiary alicyclic amines) is 1. The highest BCUT2D eigenvalue weighted by Crippen LogP contribution is 2.26. The maximum Gasteiger partial charge on any atom is 0.410 e. The lowest BCUT2D eigenvalue weighted by Gasteiger charge is -2.35. The predicted octanol–water partition coefficient (Wildman–Crippen LogP) is 1.99. The average Bonchev–Trinajstić information content (AvgIpc) is 2.40. The molecule has 2 rings (SSSR count). The lowest BCUT2D eigenvalue weighted by Crippen LogP contribution is -2.56. The van der Waals surface area contributed by atoms with Gasteiger partial charge in [0.05, 0.1) is 12.6 Å². The van der Waals surface area contributed by atoms with E-state index >= 15 is 0 Å². The van der Waals surface area contributed by atoms with E-state index < -0.39 is 24.6 Å². The van der Waals surface area contributed by atoms with Crippen molar-refractivity contribution in [2.45, 2.75) is 25.0 Å². The Balaban J connectivity index is 1.87. The molecule has 1 aromatic rings. The van der Waals surface area contributed by atoms with Crippen molar-refractivity contribution in [1.82, 2.24) is 4.90 Å². The number of piperidine rings is 1. The number of amides is 1. The Morgan fingerprint density at radius 2 is 2.11 bits per heavy atom. The molecule has 1 fully saturated rings. The maximum absolute atomic E-state index is 13.4. The summed E-state index contributed by atoms with van der Waals surface area (Å²) in [5, 5.41) is 0. The van der Waals surface area contributed by atoms with Crippen LogP contribution in [0, 0.1) is 0 Å². The van der Waals surface area contributed by atoms with Gasteiger partial charge in [0.1, 0.15) is 6.61 Å². The van der Waals surface area contributed by atoms with Crippen LogP contribution in [0.4, 0.5) is 13.6 Å². The van der Waals surface area contributed by atoms with E-state index in [1.54, 1.807) is 12.1 Å². The fourth-order valence-electron chi connectivity index (χ4n) is 1.92. The molecule has 0 aliphatic carbocycles. The number of carbonyl (C=O) groups is 1. The van der Waals surface area contributed by atoms with Gasteiger partial charge in [0, 0.05) is 6.54 Å². The average molecular weight is 270 g/mol. The normalized spacial score (nSPS) is 22.1. The fourth-order valence-corrected chi connectivity index (χ4v) is 1.92. The van der Waals surface area contributed by atoms with Crippen LogP contribution in [0.1, 0.15) is 12.0 Å². The molecule has 1 amide bonds. The zero-order valence-electron chi connectivity index (χ0n) is 10.4. The number of hydrogen-bond donors (Lipinski definition) is 1. The van der Waals surface area contributed by atoms with Crippen LogP contribution >= 0.6 is 0 Å². The molecule has 1 atom stereocenters. The first-order chi connectivity index (χ1) is 8.99. The highest BCUT2D eigenvalue weighted by Gasteiger charge is 2.44. The monoisotopic (exact) mass is 270 g/mol. The van der Waals surface area contributed by atoms with Crippen LogP contribution < -0.4 is 5.73 Å². The van der Waals surface area contributed by atoms with Gasteiger partial charge in [-0.1, -0.05) is 30.3 Å². The molecule has 1 aliphatic heterocycles. The van der Waals surface area contributed by atoms with Crippen molar-refractivity contribution < 1.29 is 18.3 Å². The third-order valence-corrected chi connectivity index (χ3v) is 3.12. The zero-order chi connectivity index (χ0) is 13.9. The van der Waals surface area contributed by atoms with E-state index in [0.717, 1.165) is 10.5 Å². The molecule has 0 spiro atoms. The largest absolute Gasteiger partial charge is 0.445 e. The van der Waals surface area contributed by atoms with Gasteiger partial charge in [-0.3, -0.25) is 0 Å². The fraction of sp³-hybridized carbons (Fsp3) is 0.462. The molecule has 1 aromatic carbocycles. The number of nitrogens with two attached hydrogens (primary N) is 1. The van der Waals surface area contributed by atoms with Crippen LogP contribution in [0.15, 0.2) is 30.3 Å². The summed E-state index contributed by atoms with van der Waals surface area (Å²) >= 11 is 0. The molecule has 1 aliphatic rings. The minimum absolute atomic E-state index is 0.0768. The number of nitrogens with zero attached hydrogens (tertiary/aromatic N) is 1. The van der Waals surface area contributed by atoms with Gasteiger partial charge in [-0.15, -0.1) is 0 Å². The minimum atomic E-state index is -3.05. The molecule has 1 unspecified atom stereocenters. The molecule has 1 saturated heterocycles. The zero-order valence-corrected chi connectivity index (χ0v) is 10.4. The predicted molar refractivity (Wildman–Crippen MR) is 65.7 cm³/mol. The number of alkyl halides is 2. The Morgan fingerprint density at radius 3 is 2.74 bits per heavy atom. The summed E-state index contributed by atoms with van der Waals surface area (Å²) in [6.45, 7) is -0.403. The van der Waals surface area contributed by atoms with Crippen molar-refractivity contribution in [3.05, 3.63) is 35.9 Å². The number of rotatable bonds is 2. The number of hydrogen-bond acceptors (Lipinski definition) is 3. The van der Waals surface area contributed by atoms with Gasteiger partial charge in [-0.2, -0.15) is 0 Å². The Kier molecular flexibility index (Phi) is 3.99. The number of benzene rings is 1. The lowest BCUT2D eigenvalue weighted by molar-refractivity contribution is -0.0761. The molecule has 19 heavy (non-hydrogen) atoms. The molecule has 1 heterocycles. The molecule has 104 valence electrons. The second-order valence-electron chi connectivity index (χ2n) is 4.62. The summed E-state index contributed by atoms with van der Waals surface area (Å²) < 4.78 is 31.8. The van der Waals surface area contributed by atoms with Gasteiger partial charge < -0.3 is 15.4 Å². The first-order valence-corrected chi connectivity index (χ1v) is 6.08. The van der Waals surface area contributed by atoms with Crippen molar-refractivity contribution in [2.75, 3.05) is 13.1 Å². The first kappa shape index (κ1) is 13.7. The molecule has 0 radical (unpaired) electrons. The topological polar surface area (TPSA) is 55.6 Å². The van der Waals surface area contributed by atoms with Crippen LogP contribution in [-0.2, 0) is 11.3 Å². The summed E-state index contributed by atoms with van der Waals surface area (Å²) in [7, 11) is 0. The first-order valence-electron chi connectivity index (χ1n) is 6.08. The number of halogens is 2. The van der Waals surface area contributed by atoms with Crippen molar-refractivity contribution in [3.63, 3.8) is 0 Å². The van der Waals surface area contributed by atoms with Gasteiger partial charge in [-0.25, -0.2) is 13.6 Å². The van der Waals surface area contributed by atoms with Crippen molar-refractivity contribution in [2.24, 2.45) is 5.73 Å². The smallest absolute Gasteiger partial charge is 0.410 e. The second kappa shape index (κ2) is 5.52. The molecule has 2 N–H and O–H groups in total. The molecule has 4 nitrogen and oxygen atoms in total. The summed E-state index contributed by atoms with van der Waals surface area (Å²) in [4.78, 5) is 12.7. The van der Waals surface area contributed by atoms with Crippen LogP contribution in [0.25, 0.3) is 0 Å². The summed E-state index contributed by atoms with van der Waals surface area (Å²) in [6.07, 6.45) is -0.650. The van der Waals surface area contributed by atoms with E-state index in [4.69, 9.17) is 10.5 Å². The summed E-state index contributed by atoms with van der Waals surface area (Å²) in [5.41, 5.74) is 6.13. The van der Waals surface area contributed by atoms with Crippen LogP contribution in [0.3, 0.4) is 0 Å². The molecule has 0 bridgehead atoms. The Bertz CT molecular complexity index is 440. The van der Waals surface area contributed by atoms with E-state index in [-0.39, 0.29) is 19.6 Å². The SMILES string of the molecule is NC1CCN(C(=O)OCc2ccccc2)CC1(F)F. The van der Waals surface area contributed by atoms with Crippen molar-refractivity contribution >= 4 is 6.09 Å². The summed E-state index contributed by atoms with van der Waals surface area (Å²) in [6, 6.07) is 7.89. The standard InChI is InChI=1S/C13H16F2N2O2/c14-13(15)9-17(7-6-11(13)16)12(18)19-8-10-4-2-1-3-5-10/h1-5,11H,6-9,16H2. The molecule has 0 aromatic heterocycles. The highest BCUT2D eigenvalue weighted by molar-refractivity contribution is 5.68. The molecule has 6 heteroatoms. The Morgan fingerprint density at radius 1 is 1.42 bits per heavy atom. The van der Waals surface area contributed by atoms with Crippen LogP contribution in [0.5, 0.6) is 0 Å². The van der Waals surface area contributed by atoms with Gasteiger partial charge in [0.15, 0.2) is 0 Å². The van der Waals surface area contributed by atoms with Gasteiger partial charge in [0.2, 0.25) is 0 Å². The summed E-state index contributed by atoms with van der Waals surface area (Å²) in [5.74, 6) is -3.05. The van der Waals surface area contributed by atoms with E-state index in [0.29, 0.717) is 0 Å². The molecule has 0 saturated carbocycles. The van der Waals surface area contributed by atoms with Crippen LogP contribution in [-0.4, -0.2) is 36.0 Å². The second-order valence-corrected chi connectivity index (χ2v) is 4.62. The number of ether oxygens (including phenoxy) is 1. The quantitative estimate of drug-likeness (QED) is 0.894. The van der Waals surface area contributed by atoms with Crippen molar-refractivity contribution in [3.8, 4) is 0 Å². The van der Waals surface area contributed by atoms with Gasteiger partial charge in [-0.05, 0) is 12.0 Å². The molecular formula is C13H16F2N2O2. The molecular weight excluding hydrogens is 254 g/mol. The van der Waals surface area contributed by atoms with Gasteiger partial charge >= 0.3 is 6.09 Å². The van der Waals surface area contributed by atoms with E-state index in [2.05, 4.69) is 0 Å². The lowest BCUT2D eigenvalue weighted by atomic mass is 10.0. The third kappa shape index (κ3) is 3.41. The third-order valence-electron chi connectivity index (χ3n) is 3.12. The van der Waals surface area contributed by atoms with E-state index in [1.165, 1.54) is 0 Å². The van der Waals surface area contributed by atoms with Crippen LogP contribution in [0.2, 0.25) is 0 Å². The van der Waals surface area contributed by atoms with E-state index in [9.17, 15) is 13.6 Å². The van der Waals surface area contributed by atoms with Gasteiger partial charge in [0.25, 0.3) is 5.92 Å². The minimum Gasteiger partial charge on any atom is -0.445 e. The van der Waals surface area contributed by atoms with E-state index in [1.807, 2.05) is 18.2 Å². The Labute approximate surface area is 110 Å².